The molecule has 0 spiro atoms. The van der Waals surface area contributed by atoms with Crippen molar-refractivity contribution in [2.75, 3.05) is 11.9 Å². The Kier molecular flexibility index (Phi) is 5.02. The van der Waals surface area contributed by atoms with Gasteiger partial charge in [-0.3, -0.25) is 19.3 Å². The molecule has 0 radical (unpaired) electrons. The van der Waals surface area contributed by atoms with Crippen LogP contribution < -0.4 is 5.32 Å². The van der Waals surface area contributed by atoms with Gasteiger partial charge in [-0.1, -0.05) is 29.8 Å². The first-order valence-corrected chi connectivity index (χ1v) is 8.84. The molecule has 1 heterocycles. The van der Waals surface area contributed by atoms with E-state index in [1.54, 1.807) is 0 Å². The minimum atomic E-state index is -0.193. The maximum Gasteiger partial charge on any atom is 0.233 e. The molecule has 1 saturated heterocycles. The van der Waals surface area contributed by atoms with Gasteiger partial charge in [-0.15, -0.1) is 0 Å². The number of benzene rings is 1. The van der Waals surface area contributed by atoms with E-state index in [4.69, 9.17) is 0 Å². The molecule has 3 rings (SSSR count). The van der Waals surface area contributed by atoms with Gasteiger partial charge in [0, 0.05) is 18.7 Å². The van der Waals surface area contributed by atoms with Gasteiger partial charge >= 0.3 is 0 Å². The predicted octanol–water partition coefficient (Wildman–Crippen LogP) is 2.97. The second kappa shape index (κ2) is 7.21. The van der Waals surface area contributed by atoms with Crippen molar-refractivity contribution in [1.29, 1.82) is 0 Å². The van der Waals surface area contributed by atoms with Crippen LogP contribution in [0.4, 0.5) is 5.69 Å². The number of amides is 3. The van der Waals surface area contributed by atoms with E-state index in [0.717, 1.165) is 16.8 Å². The average Bonchev–Trinajstić information content (AvgIpc) is 2.83. The van der Waals surface area contributed by atoms with Gasteiger partial charge in [0.05, 0.1) is 11.8 Å². The van der Waals surface area contributed by atoms with Crippen LogP contribution in [0.2, 0.25) is 0 Å². The summed E-state index contributed by atoms with van der Waals surface area (Å²) in [4.78, 5) is 38.2. The molecule has 2 aliphatic rings. The lowest BCUT2D eigenvalue weighted by Crippen LogP contribution is -2.32. The number of imide groups is 1. The summed E-state index contributed by atoms with van der Waals surface area (Å²) in [6.07, 6.45) is 6.04. The molecule has 0 aromatic heterocycles. The molecule has 0 unspecified atom stereocenters. The molecule has 5 nitrogen and oxygen atoms in total. The molecule has 5 heteroatoms. The Balaban J connectivity index is 1.50. The number of fused-ring (bicyclic) bond motifs is 1. The molecule has 25 heavy (non-hydrogen) atoms. The minimum Gasteiger partial charge on any atom is -0.326 e. The number of nitrogens with zero attached hydrogens (tertiary/aromatic N) is 1. The lowest BCUT2D eigenvalue weighted by Gasteiger charge is -2.14. The van der Waals surface area contributed by atoms with Gasteiger partial charge in [0.25, 0.3) is 0 Å². The normalized spacial score (nSPS) is 22.2. The summed E-state index contributed by atoms with van der Waals surface area (Å²) in [6.45, 7) is 4.29. The number of rotatable bonds is 5. The topological polar surface area (TPSA) is 66.5 Å². The van der Waals surface area contributed by atoms with E-state index < -0.39 is 0 Å². The van der Waals surface area contributed by atoms with Crippen LogP contribution in [0.25, 0.3) is 0 Å². The second-order valence-electron chi connectivity index (χ2n) is 6.95. The van der Waals surface area contributed by atoms with Crippen LogP contribution in [0.3, 0.4) is 0 Å². The van der Waals surface area contributed by atoms with Gasteiger partial charge in [-0.2, -0.15) is 0 Å². The maximum atomic E-state index is 12.4. The van der Waals surface area contributed by atoms with Crippen molar-refractivity contribution in [3.63, 3.8) is 0 Å². The van der Waals surface area contributed by atoms with Gasteiger partial charge < -0.3 is 5.32 Å². The van der Waals surface area contributed by atoms with Crippen LogP contribution in [0.5, 0.6) is 0 Å². The molecule has 0 saturated carbocycles. The van der Waals surface area contributed by atoms with Crippen LogP contribution in [0.1, 0.15) is 36.8 Å². The smallest absolute Gasteiger partial charge is 0.233 e. The number of hydrogen-bond acceptors (Lipinski definition) is 3. The van der Waals surface area contributed by atoms with Crippen LogP contribution in [-0.2, 0) is 14.4 Å². The molecule has 3 amide bonds. The third-order valence-corrected chi connectivity index (χ3v) is 5.04. The lowest BCUT2D eigenvalue weighted by molar-refractivity contribution is -0.140. The Bertz CT molecular complexity index is 712. The quantitative estimate of drug-likeness (QED) is 0.662. The van der Waals surface area contributed by atoms with E-state index in [0.29, 0.717) is 25.8 Å². The Morgan fingerprint density at radius 3 is 2.36 bits per heavy atom. The molecule has 132 valence electrons. The summed E-state index contributed by atoms with van der Waals surface area (Å²) in [5, 5.41) is 2.90. The third kappa shape index (κ3) is 3.65. The van der Waals surface area contributed by atoms with E-state index in [9.17, 15) is 14.4 Å². The first-order valence-electron chi connectivity index (χ1n) is 8.84. The van der Waals surface area contributed by atoms with E-state index in [1.807, 2.05) is 44.2 Å². The van der Waals surface area contributed by atoms with Crippen molar-refractivity contribution in [2.24, 2.45) is 11.8 Å². The summed E-state index contributed by atoms with van der Waals surface area (Å²) in [7, 11) is 0. The van der Waals surface area contributed by atoms with Gasteiger partial charge in [-0.05, 0) is 44.7 Å². The van der Waals surface area contributed by atoms with E-state index >= 15 is 0 Å². The first-order chi connectivity index (χ1) is 12.0. The van der Waals surface area contributed by atoms with Gasteiger partial charge in [-0.25, -0.2) is 0 Å². The fourth-order valence-corrected chi connectivity index (χ4v) is 3.65. The Labute approximate surface area is 148 Å². The fraction of sp³-hybridized carbons (Fsp3) is 0.450. The highest BCUT2D eigenvalue weighted by Gasteiger charge is 2.46. The predicted molar refractivity (Wildman–Crippen MR) is 95.9 cm³/mol. The van der Waals surface area contributed by atoms with Gasteiger partial charge in [0.1, 0.15) is 0 Å². The molecular weight excluding hydrogens is 316 g/mol. The standard InChI is InChI=1S/C20H24N2O3/c1-13-9-10-17(14(2)12-13)21-18(23)8-5-11-22-19(24)15-6-3-4-7-16(15)20(22)25/h3-4,9-10,12,15-16H,5-8,11H2,1-2H3,(H,21,23)/t15-,16+. The number of carbonyl (C=O) groups is 3. The number of aryl methyl sites for hydroxylation is 2. The zero-order valence-corrected chi connectivity index (χ0v) is 14.7. The first kappa shape index (κ1) is 17.4. The Morgan fingerprint density at radius 1 is 1.12 bits per heavy atom. The highest BCUT2D eigenvalue weighted by molar-refractivity contribution is 6.05. The highest BCUT2D eigenvalue weighted by atomic mass is 16.2. The maximum absolute atomic E-state index is 12.4. The SMILES string of the molecule is Cc1ccc(NC(=O)CCCN2C(=O)[C@H]3CC=CC[C@H]3C2=O)c(C)c1. The number of carbonyl (C=O) groups excluding carboxylic acids is 3. The molecule has 1 aliphatic carbocycles. The van der Waals surface area contributed by atoms with E-state index in [1.165, 1.54) is 4.90 Å². The van der Waals surface area contributed by atoms with E-state index in [-0.39, 0.29) is 36.0 Å². The number of allylic oxidation sites excluding steroid dienone is 2. The Morgan fingerprint density at radius 2 is 1.76 bits per heavy atom. The lowest BCUT2D eigenvalue weighted by atomic mass is 9.85. The average molecular weight is 340 g/mol. The zero-order chi connectivity index (χ0) is 18.0. The summed E-state index contributed by atoms with van der Waals surface area (Å²) >= 11 is 0. The minimum absolute atomic E-state index is 0.0749. The summed E-state index contributed by atoms with van der Waals surface area (Å²) in [5.41, 5.74) is 2.98. The number of hydrogen-bond donors (Lipinski definition) is 1. The monoisotopic (exact) mass is 340 g/mol. The summed E-state index contributed by atoms with van der Waals surface area (Å²) in [6, 6.07) is 5.88. The fourth-order valence-electron chi connectivity index (χ4n) is 3.65. The van der Waals surface area contributed by atoms with Crippen LogP contribution in [-0.4, -0.2) is 29.2 Å². The largest absolute Gasteiger partial charge is 0.326 e. The molecule has 0 bridgehead atoms. The molecule has 2 atom stereocenters. The van der Waals surface area contributed by atoms with Crippen LogP contribution in [0, 0.1) is 25.7 Å². The number of nitrogens with one attached hydrogen (secondary N) is 1. The number of anilines is 1. The molecule has 1 aliphatic heterocycles. The summed E-state index contributed by atoms with van der Waals surface area (Å²) < 4.78 is 0. The van der Waals surface area contributed by atoms with Crippen molar-refractivity contribution < 1.29 is 14.4 Å². The molecule has 1 aromatic rings. The molecule has 1 fully saturated rings. The molecular formula is C20H24N2O3. The van der Waals surface area contributed by atoms with Crippen molar-refractivity contribution in [3.05, 3.63) is 41.5 Å². The van der Waals surface area contributed by atoms with Crippen molar-refractivity contribution in [2.45, 2.75) is 39.5 Å². The number of likely N-dealkylation sites (tertiary alicyclic amines) is 1. The van der Waals surface area contributed by atoms with Crippen LogP contribution >= 0.6 is 0 Å². The molecule has 1 N–H and O–H groups in total. The van der Waals surface area contributed by atoms with Gasteiger partial charge in [0.15, 0.2) is 0 Å². The highest BCUT2D eigenvalue weighted by Crippen LogP contribution is 2.35. The van der Waals surface area contributed by atoms with Crippen LogP contribution in [0.15, 0.2) is 30.4 Å². The second-order valence-corrected chi connectivity index (χ2v) is 6.95. The Hall–Kier alpha value is -2.43. The van der Waals surface area contributed by atoms with Gasteiger partial charge in [0.2, 0.25) is 17.7 Å². The van der Waals surface area contributed by atoms with Crippen molar-refractivity contribution in [1.82, 2.24) is 4.90 Å². The summed E-state index contributed by atoms with van der Waals surface area (Å²) in [5.74, 6) is -0.628. The molecule has 1 aromatic carbocycles. The van der Waals surface area contributed by atoms with Crippen molar-refractivity contribution in [3.8, 4) is 0 Å². The van der Waals surface area contributed by atoms with Crippen molar-refractivity contribution >= 4 is 23.4 Å². The zero-order valence-electron chi connectivity index (χ0n) is 14.7. The van der Waals surface area contributed by atoms with E-state index in [2.05, 4.69) is 5.32 Å². The third-order valence-electron chi connectivity index (χ3n) is 5.04.